The molecular formula is C21H34N4O2. The van der Waals surface area contributed by atoms with E-state index in [1.807, 2.05) is 13.1 Å². The van der Waals surface area contributed by atoms with Crippen LogP contribution in [-0.2, 0) is 4.74 Å². The third-order valence-corrected chi connectivity index (χ3v) is 5.77. The molecule has 0 spiro atoms. The lowest BCUT2D eigenvalue weighted by Crippen LogP contribution is -2.53. The number of guanidine groups is 1. The van der Waals surface area contributed by atoms with E-state index in [0.717, 1.165) is 64.1 Å². The van der Waals surface area contributed by atoms with E-state index in [2.05, 4.69) is 45.2 Å². The normalized spacial score (nSPS) is 19.1. The third-order valence-electron chi connectivity index (χ3n) is 5.77. The highest BCUT2D eigenvalue weighted by Crippen LogP contribution is 2.48. The molecule has 0 aromatic heterocycles. The Morgan fingerprint density at radius 1 is 1.22 bits per heavy atom. The van der Waals surface area contributed by atoms with Gasteiger partial charge in [0.25, 0.3) is 0 Å². The van der Waals surface area contributed by atoms with Crippen molar-refractivity contribution >= 4 is 11.6 Å². The largest absolute Gasteiger partial charge is 0.497 e. The fourth-order valence-corrected chi connectivity index (χ4v) is 3.71. The second-order valence-electron chi connectivity index (χ2n) is 7.52. The summed E-state index contributed by atoms with van der Waals surface area (Å²) in [5.41, 5.74) is 1.65. The van der Waals surface area contributed by atoms with Gasteiger partial charge in [-0.2, -0.15) is 0 Å². The lowest BCUT2D eigenvalue weighted by atomic mass is 10.0. The lowest BCUT2D eigenvalue weighted by molar-refractivity contribution is 0.128. The molecule has 2 aliphatic rings. The molecular weight excluding hydrogens is 340 g/mol. The predicted molar refractivity (Wildman–Crippen MR) is 111 cm³/mol. The molecule has 1 aromatic rings. The Hall–Kier alpha value is -1.95. The summed E-state index contributed by atoms with van der Waals surface area (Å²) in [6.45, 7) is 8.67. The summed E-state index contributed by atoms with van der Waals surface area (Å²) >= 11 is 0. The topological polar surface area (TPSA) is 49.3 Å². The van der Waals surface area contributed by atoms with Gasteiger partial charge in [0.1, 0.15) is 5.75 Å². The maximum absolute atomic E-state index is 5.55. The van der Waals surface area contributed by atoms with Gasteiger partial charge in [-0.1, -0.05) is 6.07 Å². The first-order valence-electron chi connectivity index (χ1n) is 10.1. The molecule has 0 radical (unpaired) electrons. The minimum absolute atomic E-state index is 0.424. The minimum Gasteiger partial charge on any atom is -0.497 e. The number of piperazine rings is 1. The van der Waals surface area contributed by atoms with Gasteiger partial charge in [-0.05, 0) is 43.7 Å². The smallest absolute Gasteiger partial charge is 0.193 e. The van der Waals surface area contributed by atoms with Gasteiger partial charge in [-0.25, -0.2) is 0 Å². The second-order valence-corrected chi connectivity index (χ2v) is 7.52. The molecule has 0 amide bonds. The van der Waals surface area contributed by atoms with Crippen molar-refractivity contribution in [2.24, 2.45) is 10.4 Å². The van der Waals surface area contributed by atoms with Crippen LogP contribution < -0.4 is 15.0 Å². The van der Waals surface area contributed by atoms with E-state index in [4.69, 9.17) is 9.47 Å². The summed E-state index contributed by atoms with van der Waals surface area (Å²) in [6, 6.07) is 8.31. The van der Waals surface area contributed by atoms with Gasteiger partial charge < -0.3 is 24.6 Å². The number of benzene rings is 1. The minimum atomic E-state index is 0.424. The van der Waals surface area contributed by atoms with Gasteiger partial charge in [-0.3, -0.25) is 4.99 Å². The van der Waals surface area contributed by atoms with Crippen molar-refractivity contribution < 1.29 is 9.47 Å². The van der Waals surface area contributed by atoms with E-state index in [1.54, 1.807) is 7.11 Å². The molecule has 27 heavy (non-hydrogen) atoms. The number of rotatable bonds is 8. The van der Waals surface area contributed by atoms with Crippen molar-refractivity contribution in [3.05, 3.63) is 24.3 Å². The Balaban J connectivity index is 1.47. The van der Waals surface area contributed by atoms with Crippen LogP contribution in [0.3, 0.4) is 0 Å². The molecule has 0 bridgehead atoms. The zero-order valence-corrected chi connectivity index (χ0v) is 17.0. The Kier molecular flexibility index (Phi) is 6.83. The van der Waals surface area contributed by atoms with Crippen molar-refractivity contribution in [1.29, 1.82) is 0 Å². The number of anilines is 1. The van der Waals surface area contributed by atoms with Crippen LogP contribution in [0.4, 0.5) is 5.69 Å². The van der Waals surface area contributed by atoms with Gasteiger partial charge >= 0.3 is 0 Å². The van der Waals surface area contributed by atoms with Gasteiger partial charge in [0.05, 0.1) is 7.11 Å². The van der Waals surface area contributed by atoms with Gasteiger partial charge in [0.2, 0.25) is 0 Å². The van der Waals surface area contributed by atoms with E-state index in [9.17, 15) is 0 Å². The molecule has 1 aliphatic carbocycles. The Bertz CT molecular complexity index is 622. The van der Waals surface area contributed by atoms with E-state index in [0.29, 0.717) is 5.41 Å². The molecule has 1 aromatic carbocycles. The van der Waals surface area contributed by atoms with Crippen LogP contribution in [0.15, 0.2) is 29.3 Å². The molecule has 6 heteroatoms. The van der Waals surface area contributed by atoms with Gasteiger partial charge in [-0.15, -0.1) is 0 Å². The number of methoxy groups -OCH3 is 1. The molecule has 6 nitrogen and oxygen atoms in total. The summed E-state index contributed by atoms with van der Waals surface area (Å²) < 4.78 is 10.9. The Morgan fingerprint density at radius 3 is 2.63 bits per heavy atom. The molecule has 0 atom stereocenters. The molecule has 0 unspecified atom stereocenters. The number of ether oxygens (including phenoxy) is 2. The monoisotopic (exact) mass is 374 g/mol. The fraction of sp³-hybridized carbons (Fsp3) is 0.667. The Labute approximate surface area is 163 Å². The summed E-state index contributed by atoms with van der Waals surface area (Å²) in [5, 5.41) is 3.62. The van der Waals surface area contributed by atoms with Crippen molar-refractivity contribution in [2.75, 3.05) is 65.0 Å². The van der Waals surface area contributed by atoms with E-state index >= 15 is 0 Å². The summed E-state index contributed by atoms with van der Waals surface area (Å²) in [7, 11) is 3.60. The zero-order chi connectivity index (χ0) is 19.1. The quantitative estimate of drug-likeness (QED) is 0.431. The highest BCUT2D eigenvalue weighted by atomic mass is 16.5. The van der Waals surface area contributed by atoms with Crippen molar-refractivity contribution in [3.8, 4) is 5.75 Å². The average Bonchev–Trinajstić information content (AvgIpc) is 3.49. The molecule has 2 fully saturated rings. The molecule has 150 valence electrons. The van der Waals surface area contributed by atoms with E-state index < -0.39 is 0 Å². The molecule has 1 aliphatic heterocycles. The number of nitrogens with one attached hydrogen (secondary N) is 1. The summed E-state index contributed by atoms with van der Waals surface area (Å²) in [4.78, 5) is 9.31. The van der Waals surface area contributed by atoms with Crippen LogP contribution in [0, 0.1) is 5.41 Å². The van der Waals surface area contributed by atoms with Crippen molar-refractivity contribution in [2.45, 2.75) is 26.2 Å². The SMILES string of the molecule is CCOCCC1(CNC(=NC)N2CCN(c3cccc(OC)c3)CC2)CC1. The number of nitrogens with zero attached hydrogens (tertiary/aromatic N) is 3. The zero-order valence-electron chi connectivity index (χ0n) is 17.0. The Morgan fingerprint density at radius 2 is 2.00 bits per heavy atom. The summed E-state index contributed by atoms with van der Waals surface area (Å²) in [5.74, 6) is 1.94. The maximum atomic E-state index is 5.55. The standard InChI is InChI=1S/C21H34N4O2/c1-4-27-15-10-21(8-9-21)17-23-20(22-2)25-13-11-24(12-14-25)18-6-5-7-19(16-18)26-3/h5-7,16H,4,8-15,17H2,1-3H3,(H,22,23). The first-order valence-corrected chi connectivity index (χ1v) is 10.1. The molecule has 1 N–H and O–H groups in total. The predicted octanol–water partition coefficient (Wildman–Crippen LogP) is 2.60. The molecule has 1 heterocycles. The van der Waals surface area contributed by atoms with Gasteiger partial charge in [0.15, 0.2) is 5.96 Å². The van der Waals surface area contributed by atoms with E-state index in [-0.39, 0.29) is 0 Å². The highest BCUT2D eigenvalue weighted by Gasteiger charge is 2.42. The van der Waals surface area contributed by atoms with Crippen LogP contribution in [0.1, 0.15) is 26.2 Å². The first kappa shape index (κ1) is 19.8. The maximum Gasteiger partial charge on any atom is 0.193 e. The number of aliphatic imine (C=N–C) groups is 1. The average molecular weight is 375 g/mol. The van der Waals surface area contributed by atoms with Crippen LogP contribution >= 0.6 is 0 Å². The number of hydrogen-bond donors (Lipinski definition) is 1. The number of hydrogen-bond acceptors (Lipinski definition) is 4. The third kappa shape index (κ3) is 5.28. The fourth-order valence-electron chi connectivity index (χ4n) is 3.71. The molecule has 1 saturated carbocycles. The van der Waals surface area contributed by atoms with Crippen LogP contribution in [-0.4, -0.2) is 71.0 Å². The van der Waals surface area contributed by atoms with E-state index in [1.165, 1.54) is 18.5 Å². The highest BCUT2D eigenvalue weighted by molar-refractivity contribution is 5.80. The second kappa shape index (κ2) is 9.31. The van der Waals surface area contributed by atoms with Crippen LogP contribution in [0.5, 0.6) is 5.75 Å². The summed E-state index contributed by atoms with van der Waals surface area (Å²) in [6.07, 6.45) is 3.75. The molecule has 3 rings (SSSR count). The van der Waals surface area contributed by atoms with Crippen molar-refractivity contribution in [1.82, 2.24) is 10.2 Å². The molecule has 1 saturated heterocycles. The first-order chi connectivity index (χ1) is 13.2. The lowest BCUT2D eigenvalue weighted by Gasteiger charge is -2.38. The van der Waals surface area contributed by atoms with Crippen molar-refractivity contribution in [3.63, 3.8) is 0 Å². The van der Waals surface area contributed by atoms with Crippen LogP contribution in [0.2, 0.25) is 0 Å². The van der Waals surface area contributed by atoms with Crippen LogP contribution in [0.25, 0.3) is 0 Å². The van der Waals surface area contributed by atoms with Gasteiger partial charge in [0, 0.05) is 64.7 Å².